The topological polar surface area (TPSA) is 107 Å². The third kappa shape index (κ3) is 4.33. The van der Waals surface area contributed by atoms with Crippen molar-refractivity contribution in [2.45, 2.75) is 58.9 Å². The van der Waals surface area contributed by atoms with Crippen LogP contribution in [0.1, 0.15) is 84.5 Å². The van der Waals surface area contributed by atoms with Crippen LogP contribution >= 0.6 is 0 Å². The lowest BCUT2D eigenvalue weighted by molar-refractivity contribution is 0.0960. The first-order valence-electron chi connectivity index (χ1n) is 10.4. The molecule has 6 heteroatoms. The number of nitrogens with two attached hydrogens (primary N) is 1. The van der Waals surface area contributed by atoms with E-state index in [4.69, 9.17) is 11.1 Å². The van der Waals surface area contributed by atoms with Gasteiger partial charge in [0.25, 0.3) is 0 Å². The second-order valence-corrected chi connectivity index (χ2v) is 10.3. The number of primary amides is 1. The maximum absolute atomic E-state index is 13.2. The molecule has 164 valence electrons. The van der Waals surface area contributed by atoms with Gasteiger partial charge < -0.3 is 15.7 Å². The molecule has 2 aromatic carbocycles. The van der Waals surface area contributed by atoms with Crippen LogP contribution in [0.5, 0.6) is 5.75 Å². The van der Waals surface area contributed by atoms with E-state index in [-0.39, 0.29) is 34.7 Å². The van der Waals surface area contributed by atoms with Crippen molar-refractivity contribution in [3.8, 4) is 5.75 Å². The molecule has 0 unspecified atom stereocenters. The molecule has 0 aromatic heterocycles. The lowest BCUT2D eigenvalue weighted by Gasteiger charge is -2.28. The number of nitrogens with one attached hydrogen (secondary N) is 1. The number of rotatable bonds is 4. The Bertz CT molecular complexity index is 1050. The Morgan fingerprint density at radius 3 is 2.03 bits per heavy atom. The van der Waals surface area contributed by atoms with Gasteiger partial charge in [-0.1, -0.05) is 47.6 Å². The van der Waals surface area contributed by atoms with Crippen molar-refractivity contribution in [3.05, 3.63) is 63.7 Å². The van der Waals surface area contributed by atoms with Crippen LogP contribution < -0.4 is 5.73 Å². The summed E-state index contributed by atoms with van der Waals surface area (Å²) in [6.07, 6.45) is 0. The summed E-state index contributed by atoms with van der Waals surface area (Å²) >= 11 is 0. The zero-order valence-electron chi connectivity index (χ0n) is 19.1. The highest BCUT2D eigenvalue weighted by Crippen LogP contribution is 2.40. The van der Waals surface area contributed by atoms with Crippen LogP contribution in [0.25, 0.3) is 0 Å². The summed E-state index contributed by atoms with van der Waals surface area (Å²) in [5.74, 6) is -0.150. The maximum Gasteiger partial charge on any atom is 0.248 e. The van der Waals surface area contributed by atoms with E-state index in [1.54, 1.807) is 35.2 Å². The highest BCUT2D eigenvalue weighted by atomic mass is 16.3. The van der Waals surface area contributed by atoms with Crippen molar-refractivity contribution in [2.24, 2.45) is 5.73 Å². The molecule has 4 N–H and O–H groups in total. The molecule has 0 atom stereocenters. The lowest BCUT2D eigenvalue weighted by Crippen LogP contribution is -2.30. The monoisotopic (exact) mass is 421 g/mol. The number of aromatic hydroxyl groups is 1. The fourth-order valence-corrected chi connectivity index (χ4v) is 3.90. The SMILES string of the molecule is CC(C)(C)c1cc(C(=O)CN2Cc3cc(C(N)=O)ccc3C2=N)cc(C(C)(C)C)c1O. The first kappa shape index (κ1) is 22.5. The zero-order valence-corrected chi connectivity index (χ0v) is 19.1. The Morgan fingerprint density at radius 1 is 1.00 bits per heavy atom. The quantitative estimate of drug-likeness (QED) is 0.646. The molecule has 1 aliphatic heterocycles. The molecular weight excluding hydrogens is 390 g/mol. The van der Waals surface area contributed by atoms with E-state index < -0.39 is 5.91 Å². The van der Waals surface area contributed by atoms with Gasteiger partial charge in [-0.2, -0.15) is 0 Å². The number of hydrogen-bond donors (Lipinski definition) is 3. The van der Waals surface area contributed by atoms with Crippen LogP contribution in [-0.4, -0.2) is 34.1 Å². The number of benzene rings is 2. The van der Waals surface area contributed by atoms with E-state index >= 15 is 0 Å². The molecule has 0 fully saturated rings. The van der Waals surface area contributed by atoms with Crippen molar-refractivity contribution in [3.63, 3.8) is 0 Å². The van der Waals surface area contributed by atoms with Gasteiger partial charge in [-0.05, 0) is 40.7 Å². The second kappa shape index (κ2) is 7.52. The average molecular weight is 422 g/mol. The van der Waals surface area contributed by atoms with Gasteiger partial charge >= 0.3 is 0 Å². The molecule has 1 aliphatic rings. The van der Waals surface area contributed by atoms with Crippen LogP contribution in [0.15, 0.2) is 30.3 Å². The van der Waals surface area contributed by atoms with Gasteiger partial charge in [0.2, 0.25) is 5.91 Å². The van der Waals surface area contributed by atoms with Gasteiger partial charge in [-0.3, -0.25) is 15.0 Å². The summed E-state index contributed by atoms with van der Waals surface area (Å²) in [6, 6.07) is 8.53. The van der Waals surface area contributed by atoms with Crippen LogP contribution in [-0.2, 0) is 17.4 Å². The van der Waals surface area contributed by atoms with Crippen LogP contribution in [0.3, 0.4) is 0 Å². The number of hydrogen-bond acceptors (Lipinski definition) is 4. The lowest BCUT2D eigenvalue weighted by atomic mass is 9.78. The molecule has 1 heterocycles. The molecule has 1 amide bonds. The van der Waals surface area contributed by atoms with Gasteiger partial charge in [0.15, 0.2) is 5.78 Å². The Kier molecular flexibility index (Phi) is 5.47. The van der Waals surface area contributed by atoms with E-state index in [2.05, 4.69) is 0 Å². The van der Waals surface area contributed by atoms with Crippen LogP contribution in [0.4, 0.5) is 0 Å². The van der Waals surface area contributed by atoms with Gasteiger partial charge in [0.05, 0.1) is 6.54 Å². The number of ketones is 1. The van der Waals surface area contributed by atoms with E-state index in [1.165, 1.54) is 0 Å². The number of phenolic OH excluding ortho intramolecular Hbond substituents is 1. The van der Waals surface area contributed by atoms with Crippen molar-refractivity contribution in [1.82, 2.24) is 4.90 Å². The van der Waals surface area contributed by atoms with Gasteiger partial charge in [0, 0.05) is 34.4 Å². The van der Waals surface area contributed by atoms with E-state index in [1.807, 2.05) is 41.5 Å². The molecule has 0 aliphatic carbocycles. The van der Waals surface area contributed by atoms with E-state index in [9.17, 15) is 14.7 Å². The fourth-order valence-electron chi connectivity index (χ4n) is 3.90. The van der Waals surface area contributed by atoms with Gasteiger partial charge in [-0.15, -0.1) is 0 Å². The predicted molar refractivity (Wildman–Crippen MR) is 122 cm³/mol. The molecule has 6 nitrogen and oxygen atoms in total. The van der Waals surface area contributed by atoms with Crippen molar-refractivity contribution >= 4 is 17.5 Å². The molecule has 0 saturated carbocycles. The molecule has 31 heavy (non-hydrogen) atoms. The molecule has 0 saturated heterocycles. The molecule has 0 bridgehead atoms. The standard InChI is InChI=1S/C25H31N3O3/c1-24(2,3)18-10-15(11-19(21(18)30)25(4,5)6)20(29)13-28-12-16-9-14(23(27)31)7-8-17(16)22(28)26/h7-11,26,30H,12-13H2,1-6H3,(H2,27,31). The van der Waals surface area contributed by atoms with Gasteiger partial charge in [0.1, 0.15) is 11.6 Å². The number of fused-ring (bicyclic) bond motifs is 1. The number of phenols is 1. The number of carbonyl (C=O) groups excluding carboxylic acids is 2. The summed E-state index contributed by atoms with van der Waals surface area (Å²) in [7, 11) is 0. The molecular formula is C25H31N3O3. The molecule has 2 aromatic rings. The van der Waals surface area contributed by atoms with Crippen LogP contribution in [0.2, 0.25) is 0 Å². The highest BCUT2D eigenvalue weighted by molar-refractivity contribution is 6.06. The Hall–Kier alpha value is -3.15. The minimum Gasteiger partial charge on any atom is -0.507 e. The minimum absolute atomic E-state index is 0.0390. The summed E-state index contributed by atoms with van der Waals surface area (Å²) in [6.45, 7) is 12.4. The second-order valence-electron chi connectivity index (χ2n) is 10.3. The third-order valence-corrected chi connectivity index (χ3v) is 5.70. The first-order valence-corrected chi connectivity index (χ1v) is 10.4. The highest BCUT2D eigenvalue weighted by Gasteiger charge is 2.30. The van der Waals surface area contributed by atoms with Crippen LogP contribution in [0, 0.1) is 5.41 Å². The number of amides is 1. The normalized spacial score (nSPS) is 14.0. The van der Waals surface area contributed by atoms with E-state index in [0.29, 0.717) is 23.2 Å². The van der Waals surface area contributed by atoms with Crippen molar-refractivity contribution in [2.75, 3.05) is 6.54 Å². The Balaban J connectivity index is 1.93. The molecule has 0 radical (unpaired) electrons. The number of carbonyl (C=O) groups is 2. The number of amidine groups is 1. The first-order chi connectivity index (χ1) is 14.2. The number of nitrogens with zero attached hydrogens (tertiary/aromatic N) is 1. The Morgan fingerprint density at radius 2 is 1.55 bits per heavy atom. The summed E-state index contributed by atoms with van der Waals surface area (Å²) in [5.41, 5.74) is 8.59. The summed E-state index contributed by atoms with van der Waals surface area (Å²) in [4.78, 5) is 26.4. The summed E-state index contributed by atoms with van der Waals surface area (Å²) < 4.78 is 0. The predicted octanol–water partition coefficient (Wildman–Crippen LogP) is 4.11. The fraction of sp³-hybridized carbons (Fsp3) is 0.400. The zero-order chi connectivity index (χ0) is 23.3. The number of Topliss-reactive ketones (excluding diaryl/α,β-unsaturated/α-hetero) is 1. The van der Waals surface area contributed by atoms with Gasteiger partial charge in [-0.25, -0.2) is 0 Å². The largest absolute Gasteiger partial charge is 0.507 e. The Labute approximate surface area is 183 Å². The average Bonchev–Trinajstić information content (AvgIpc) is 2.94. The molecule has 0 spiro atoms. The third-order valence-electron chi connectivity index (χ3n) is 5.70. The van der Waals surface area contributed by atoms with Crippen molar-refractivity contribution in [1.29, 1.82) is 5.41 Å². The summed E-state index contributed by atoms with van der Waals surface area (Å²) in [5, 5.41) is 19.3. The maximum atomic E-state index is 13.2. The smallest absolute Gasteiger partial charge is 0.248 e. The van der Waals surface area contributed by atoms with Crippen molar-refractivity contribution < 1.29 is 14.7 Å². The minimum atomic E-state index is -0.516. The van der Waals surface area contributed by atoms with E-state index in [0.717, 1.165) is 16.7 Å². The molecule has 3 rings (SSSR count).